The van der Waals surface area contributed by atoms with Crippen LogP contribution in [0.4, 0.5) is 27.5 Å². The van der Waals surface area contributed by atoms with E-state index in [1.54, 1.807) is 32.1 Å². The lowest BCUT2D eigenvalue weighted by Gasteiger charge is -2.23. The number of hydrogen-bond acceptors (Lipinski definition) is 7. The fourth-order valence-electron chi connectivity index (χ4n) is 3.66. The van der Waals surface area contributed by atoms with E-state index in [-0.39, 0.29) is 11.5 Å². The van der Waals surface area contributed by atoms with Crippen molar-refractivity contribution in [2.45, 2.75) is 58.3 Å². The van der Waals surface area contributed by atoms with Crippen molar-refractivity contribution in [1.29, 1.82) is 5.26 Å². The summed E-state index contributed by atoms with van der Waals surface area (Å²) < 4.78 is 14.2. The number of nitrogens with two attached hydrogens (primary N) is 1. The van der Waals surface area contributed by atoms with E-state index < -0.39 is 11.7 Å². The summed E-state index contributed by atoms with van der Waals surface area (Å²) in [6.07, 6.45) is 11.5. The standard InChI is InChI=1S/C20H24FN7O2.C5H10/c1-13-9-14(18(23)30)15(21)10-16(13)25-20-24-11-17(27(2)3)19(26-20)28(12-29)8-6-4-5-7-22;1-2-4-5-3-1/h9-12H,4-6,8H2,1-3H3,(H2,23,30)(H,24,25,26);1-5H2. The molecule has 3 rings (SSSR count). The van der Waals surface area contributed by atoms with E-state index in [0.29, 0.717) is 55.0 Å². The number of unbranched alkanes of at least 4 members (excludes halogenated alkanes) is 2. The van der Waals surface area contributed by atoms with Gasteiger partial charge in [0.05, 0.1) is 23.5 Å². The molecule has 2 aromatic rings. The van der Waals surface area contributed by atoms with Crippen LogP contribution in [0.3, 0.4) is 0 Å². The number of aryl methyl sites for hydroxylation is 1. The van der Waals surface area contributed by atoms with E-state index in [1.807, 2.05) is 0 Å². The Hall–Kier alpha value is -3.74. The molecule has 0 bridgehead atoms. The van der Waals surface area contributed by atoms with Gasteiger partial charge in [0, 0.05) is 32.7 Å². The van der Waals surface area contributed by atoms with Crippen molar-refractivity contribution >= 4 is 35.5 Å². The summed E-state index contributed by atoms with van der Waals surface area (Å²) >= 11 is 0. The van der Waals surface area contributed by atoms with Crippen LogP contribution in [0, 0.1) is 24.1 Å². The maximum atomic E-state index is 14.2. The SMILES string of the molecule is C1CCCC1.Cc1cc(C(N)=O)c(F)cc1Nc1ncc(N(C)C)c(N(C=O)CCCCC#N)n1. The van der Waals surface area contributed by atoms with Crippen LogP contribution in [-0.2, 0) is 4.79 Å². The fourth-order valence-corrected chi connectivity index (χ4v) is 3.66. The van der Waals surface area contributed by atoms with E-state index in [9.17, 15) is 14.0 Å². The van der Waals surface area contributed by atoms with Crippen molar-refractivity contribution in [3.63, 3.8) is 0 Å². The molecule has 0 spiro atoms. The quantitative estimate of drug-likeness (QED) is 0.378. The number of hydrogen-bond donors (Lipinski definition) is 2. The zero-order valence-electron chi connectivity index (χ0n) is 20.7. The van der Waals surface area contributed by atoms with E-state index in [1.165, 1.54) is 43.1 Å². The molecule has 0 unspecified atom stereocenters. The largest absolute Gasteiger partial charge is 0.373 e. The van der Waals surface area contributed by atoms with Crippen LogP contribution in [0.1, 0.15) is 67.3 Å². The third-order valence-electron chi connectivity index (χ3n) is 5.64. The van der Waals surface area contributed by atoms with Gasteiger partial charge in [-0.25, -0.2) is 9.37 Å². The highest BCUT2D eigenvalue weighted by molar-refractivity contribution is 5.94. The van der Waals surface area contributed by atoms with Gasteiger partial charge in [-0.1, -0.05) is 32.1 Å². The number of rotatable bonds is 10. The smallest absolute Gasteiger partial charge is 0.251 e. The fraction of sp³-hybridized carbons (Fsp3) is 0.480. The first-order chi connectivity index (χ1) is 16.8. The summed E-state index contributed by atoms with van der Waals surface area (Å²) in [7, 11) is 3.60. The Labute approximate surface area is 206 Å². The van der Waals surface area contributed by atoms with Crippen LogP contribution in [0.5, 0.6) is 0 Å². The Morgan fingerprint density at radius 3 is 2.43 bits per heavy atom. The van der Waals surface area contributed by atoms with Gasteiger partial charge >= 0.3 is 0 Å². The Morgan fingerprint density at radius 2 is 1.89 bits per heavy atom. The molecule has 1 aromatic carbocycles. The Bertz CT molecular complexity index is 1040. The topological polar surface area (TPSA) is 128 Å². The van der Waals surface area contributed by atoms with Crippen molar-refractivity contribution in [3.8, 4) is 6.07 Å². The summed E-state index contributed by atoms with van der Waals surface area (Å²) in [6, 6.07) is 4.58. The first-order valence-electron chi connectivity index (χ1n) is 11.8. The Morgan fingerprint density at radius 1 is 1.23 bits per heavy atom. The normalized spacial score (nSPS) is 12.2. The number of primary amides is 1. The highest BCUT2D eigenvalue weighted by atomic mass is 19.1. The first kappa shape index (κ1) is 27.5. The van der Waals surface area contributed by atoms with E-state index >= 15 is 0 Å². The van der Waals surface area contributed by atoms with Gasteiger partial charge in [0.1, 0.15) is 5.82 Å². The lowest BCUT2D eigenvalue weighted by molar-refractivity contribution is -0.107. The molecule has 0 aliphatic heterocycles. The maximum absolute atomic E-state index is 14.2. The van der Waals surface area contributed by atoms with Gasteiger partial charge in [-0.2, -0.15) is 10.2 Å². The van der Waals surface area contributed by atoms with Gasteiger partial charge in [0.2, 0.25) is 12.4 Å². The molecule has 1 aliphatic rings. The predicted octanol–water partition coefficient (Wildman–Crippen LogP) is 4.44. The zero-order valence-corrected chi connectivity index (χ0v) is 20.7. The van der Waals surface area contributed by atoms with Crippen LogP contribution in [0.25, 0.3) is 0 Å². The van der Waals surface area contributed by atoms with E-state index in [4.69, 9.17) is 11.0 Å². The molecule has 0 saturated heterocycles. The van der Waals surface area contributed by atoms with Crippen LogP contribution < -0.4 is 20.9 Å². The van der Waals surface area contributed by atoms with Crippen molar-refractivity contribution in [1.82, 2.24) is 9.97 Å². The third kappa shape index (κ3) is 8.21. The molecule has 3 N–H and O–H groups in total. The molecular formula is C25H34FN7O2. The maximum Gasteiger partial charge on any atom is 0.251 e. The molecule has 10 heteroatoms. The monoisotopic (exact) mass is 483 g/mol. The minimum atomic E-state index is -0.853. The number of anilines is 4. The second-order valence-corrected chi connectivity index (χ2v) is 8.61. The molecule has 1 heterocycles. The van der Waals surface area contributed by atoms with E-state index in [0.717, 1.165) is 6.07 Å². The predicted molar refractivity (Wildman–Crippen MR) is 135 cm³/mol. The molecule has 35 heavy (non-hydrogen) atoms. The molecule has 2 amide bonds. The number of nitrogens with one attached hydrogen (secondary N) is 1. The van der Waals surface area contributed by atoms with Crippen LogP contribution in [-0.4, -0.2) is 42.9 Å². The second-order valence-electron chi connectivity index (χ2n) is 8.61. The van der Waals surface area contributed by atoms with Crippen molar-refractivity contribution in [2.75, 3.05) is 35.8 Å². The number of carbonyl (C=O) groups is 2. The molecule has 1 aliphatic carbocycles. The van der Waals surface area contributed by atoms with Crippen LogP contribution >= 0.6 is 0 Å². The number of nitriles is 1. The molecule has 9 nitrogen and oxygen atoms in total. The van der Waals surface area contributed by atoms with Crippen molar-refractivity contribution < 1.29 is 14.0 Å². The van der Waals surface area contributed by atoms with Crippen molar-refractivity contribution in [2.24, 2.45) is 5.73 Å². The highest BCUT2D eigenvalue weighted by Crippen LogP contribution is 2.28. The highest BCUT2D eigenvalue weighted by Gasteiger charge is 2.17. The molecule has 1 saturated carbocycles. The van der Waals surface area contributed by atoms with Gasteiger partial charge in [0.15, 0.2) is 5.82 Å². The Balaban J connectivity index is 0.000000764. The molecule has 1 aromatic heterocycles. The third-order valence-corrected chi connectivity index (χ3v) is 5.64. The molecule has 0 radical (unpaired) electrons. The van der Waals surface area contributed by atoms with Gasteiger partial charge in [0.25, 0.3) is 5.91 Å². The number of nitrogens with zero attached hydrogens (tertiary/aromatic N) is 5. The minimum Gasteiger partial charge on any atom is -0.373 e. The second kappa shape index (κ2) is 13.8. The number of amides is 2. The molecular weight excluding hydrogens is 449 g/mol. The summed E-state index contributed by atoms with van der Waals surface area (Å²) in [5.41, 5.74) is 6.54. The first-order valence-corrected chi connectivity index (χ1v) is 11.8. The van der Waals surface area contributed by atoms with Gasteiger partial charge < -0.3 is 16.0 Å². The molecule has 0 atom stereocenters. The minimum absolute atomic E-state index is 0.161. The van der Waals surface area contributed by atoms with E-state index in [2.05, 4.69) is 21.4 Å². The summed E-state index contributed by atoms with van der Waals surface area (Å²) in [5.74, 6) is -1.06. The van der Waals surface area contributed by atoms with Crippen LogP contribution in [0.15, 0.2) is 18.3 Å². The molecule has 1 fully saturated rings. The van der Waals surface area contributed by atoms with Gasteiger partial charge in [-0.15, -0.1) is 0 Å². The number of aromatic nitrogens is 2. The van der Waals surface area contributed by atoms with Gasteiger partial charge in [-0.05, 0) is 37.5 Å². The number of halogens is 1. The summed E-state index contributed by atoms with van der Waals surface area (Å²) in [4.78, 5) is 34.9. The zero-order chi connectivity index (χ0) is 25.8. The average Bonchev–Trinajstić information content (AvgIpc) is 3.41. The summed E-state index contributed by atoms with van der Waals surface area (Å²) in [5, 5.41) is 11.6. The summed E-state index contributed by atoms with van der Waals surface area (Å²) in [6.45, 7) is 2.08. The van der Waals surface area contributed by atoms with Crippen molar-refractivity contribution in [3.05, 3.63) is 35.3 Å². The Kier molecular flexibility index (Phi) is 10.9. The number of carbonyl (C=O) groups excluding carboxylic acids is 2. The van der Waals surface area contributed by atoms with Crippen LogP contribution in [0.2, 0.25) is 0 Å². The van der Waals surface area contributed by atoms with Gasteiger partial charge in [-0.3, -0.25) is 14.5 Å². The lowest BCUT2D eigenvalue weighted by Crippen LogP contribution is -2.26. The molecule has 188 valence electrons. The lowest BCUT2D eigenvalue weighted by atomic mass is 10.1. The number of benzene rings is 1. The average molecular weight is 484 g/mol.